The van der Waals surface area contributed by atoms with Crippen LogP contribution in [0.25, 0.3) is 0 Å². The fraction of sp³-hybridized carbons (Fsp3) is 0.952. The van der Waals surface area contributed by atoms with E-state index in [2.05, 4.69) is 6.92 Å². The van der Waals surface area contributed by atoms with Gasteiger partial charge < -0.3 is 5.73 Å². The van der Waals surface area contributed by atoms with E-state index >= 15 is 0 Å². The van der Waals surface area contributed by atoms with E-state index in [-0.39, 0.29) is 0 Å². The van der Waals surface area contributed by atoms with E-state index in [4.69, 9.17) is 5.73 Å². The van der Waals surface area contributed by atoms with Crippen molar-refractivity contribution in [2.24, 2.45) is 5.73 Å². The fourth-order valence-electron chi connectivity index (χ4n) is 3.16. The lowest BCUT2D eigenvalue weighted by molar-refractivity contribution is 0.525. The summed E-state index contributed by atoms with van der Waals surface area (Å²) in [6, 6.07) is 0. The van der Waals surface area contributed by atoms with Gasteiger partial charge in [0.05, 0.1) is 0 Å². The summed E-state index contributed by atoms with van der Waals surface area (Å²) >= 11 is 0. The molecule has 1 heteroatoms. The molecule has 0 amide bonds. The van der Waals surface area contributed by atoms with Gasteiger partial charge in [0.25, 0.3) is 0 Å². The van der Waals surface area contributed by atoms with E-state index in [0.717, 1.165) is 6.42 Å². The van der Waals surface area contributed by atoms with E-state index in [1.807, 2.05) is 0 Å². The molecule has 0 spiro atoms. The van der Waals surface area contributed by atoms with Crippen LogP contribution in [-0.2, 0) is 0 Å². The molecule has 1 nitrogen and oxygen atoms in total. The van der Waals surface area contributed by atoms with Crippen molar-refractivity contribution >= 4 is 0 Å². The number of nitrogens with two attached hydrogens (primary N) is 1. The molecular weight excluding hydrogens is 266 g/mol. The molecule has 0 unspecified atom stereocenters. The fourth-order valence-corrected chi connectivity index (χ4v) is 3.16. The van der Waals surface area contributed by atoms with Gasteiger partial charge in [-0.2, -0.15) is 0 Å². The highest BCUT2D eigenvalue weighted by molar-refractivity contribution is 4.54. The van der Waals surface area contributed by atoms with Gasteiger partial charge in [-0.25, -0.2) is 0 Å². The highest BCUT2D eigenvalue weighted by atomic mass is 14.5. The zero-order chi connectivity index (χ0) is 16.1. The molecule has 0 aliphatic carbocycles. The third kappa shape index (κ3) is 20.0. The van der Waals surface area contributed by atoms with Crippen LogP contribution in [0, 0.1) is 6.54 Å². The molecule has 0 saturated carbocycles. The van der Waals surface area contributed by atoms with E-state index in [1.54, 1.807) is 6.54 Å². The van der Waals surface area contributed by atoms with E-state index < -0.39 is 0 Å². The lowest BCUT2D eigenvalue weighted by Gasteiger charge is -2.03. The minimum Gasteiger partial charge on any atom is -0.326 e. The van der Waals surface area contributed by atoms with Gasteiger partial charge in [-0.1, -0.05) is 122 Å². The minimum absolute atomic E-state index is 1.10. The lowest BCUT2D eigenvalue weighted by Crippen LogP contribution is -1.89. The van der Waals surface area contributed by atoms with Crippen LogP contribution in [0.1, 0.15) is 129 Å². The Morgan fingerprint density at radius 3 is 1.00 bits per heavy atom. The molecule has 0 aromatic heterocycles. The molecule has 0 aliphatic rings. The van der Waals surface area contributed by atoms with Gasteiger partial charge in [0.2, 0.25) is 0 Å². The van der Waals surface area contributed by atoms with Gasteiger partial charge >= 0.3 is 0 Å². The van der Waals surface area contributed by atoms with Gasteiger partial charge in [-0.15, -0.1) is 0 Å². The van der Waals surface area contributed by atoms with E-state index in [0.29, 0.717) is 0 Å². The SMILES string of the molecule is CCCCCCCCCCCCCCCCCCCC[CH]N. The Kier molecular flexibility index (Phi) is 20.9. The van der Waals surface area contributed by atoms with Gasteiger partial charge in [-0.05, 0) is 6.42 Å². The maximum atomic E-state index is 5.38. The molecule has 0 aromatic rings. The van der Waals surface area contributed by atoms with Crippen molar-refractivity contribution in [3.63, 3.8) is 0 Å². The van der Waals surface area contributed by atoms with Crippen molar-refractivity contribution < 1.29 is 0 Å². The van der Waals surface area contributed by atoms with Crippen LogP contribution in [0.4, 0.5) is 0 Å². The zero-order valence-electron chi connectivity index (χ0n) is 15.6. The van der Waals surface area contributed by atoms with Crippen molar-refractivity contribution in [3.8, 4) is 0 Å². The molecule has 0 heterocycles. The molecule has 2 N–H and O–H groups in total. The van der Waals surface area contributed by atoms with Gasteiger partial charge in [0.15, 0.2) is 0 Å². The van der Waals surface area contributed by atoms with Crippen LogP contribution in [0.5, 0.6) is 0 Å². The van der Waals surface area contributed by atoms with Crippen LogP contribution in [0.3, 0.4) is 0 Å². The predicted octanol–water partition coefficient (Wildman–Crippen LogP) is 7.54. The van der Waals surface area contributed by atoms with E-state index in [1.165, 1.54) is 116 Å². The first-order valence-electron chi connectivity index (χ1n) is 10.4. The molecule has 0 bridgehead atoms. The Balaban J connectivity index is 2.91. The highest BCUT2D eigenvalue weighted by Crippen LogP contribution is 2.14. The van der Waals surface area contributed by atoms with Gasteiger partial charge in [0, 0.05) is 6.54 Å². The largest absolute Gasteiger partial charge is 0.326 e. The Bertz CT molecular complexity index is 159. The molecule has 0 fully saturated rings. The predicted molar refractivity (Wildman–Crippen MR) is 102 cm³/mol. The van der Waals surface area contributed by atoms with Gasteiger partial charge in [0.1, 0.15) is 0 Å². The molecule has 22 heavy (non-hydrogen) atoms. The summed E-state index contributed by atoms with van der Waals surface area (Å²) in [7, 11) is 0. The third-order valence-electron chi connectivity index (χ3n) is 4.72. The van der Waals surface area contributed by atoms with Crippen LogP contribution in [-0.4, -0.2) is 0 Å². The zero-order valence-corrected chi connectivity index (χ0v) is 15.6. The Morgan fingerprint density at radius 1 is 0.455 bits per heavy atom. The average molecular weight is 311 g/mol. The monoisotopic (exact) mass is 310 g/mol. The lowest BCUT2D eigenvalue weighted by atomic mass is 10.0. The second kappa shape index (κ2) is 21.0. The topological polar surface area (TPSA) is 26.0 Å². The molecule has 0 aliphatic heterocycles. The summed E-state index contributed by atoms with van der Waals surface area (Å²) in [5.41, 5.74) is 5.38. The van der Waals surface area contributed by atoms with Crippen LogP contribution in [0.2, 0.25) is 0 Å². The minimum atomic E-state index is 1.10. The van der Waals surface area contributed by atoms with E-state index in [9.17, 15) is 0 Å². The second-order valence-corrected chi connectivity index (χ2v) is 7.03. The summed E-state index contributed by atoms with van der Waals surface area (Å²) in [4.78, 5) is 0. The second-order valence-electron chi connectivity index (χ2n) is 7.03. The Labute approximate surface area is 141 Å². The van der Waals surface area contributed by atoms with Crippen molar-refractivity contribution in [2.45, 2.75) is 129 Å². The van der Waals surface area contributed by atoms with Crippen molar-refractivity contribution in [1.82, 2.24) is 0 Å². The van der Waals surface area contributed by atoms with Crippen molar-refractivity contribution in [1.29, 1.82) is 0 Å². The van der Waals surface area contributed by atoms with Crippen molar-refractivity contribution in [2.75, 3.05) is 0 Å². The molecule has 133 valence electrons. The summed E-state index contributed by atoms with van der Waals surface area (Å²) in [5, 5.41) is 0. The molecule has 0 atom stereocenters. The van der Waals surface area contributed by atoms with Gasteiger partial charge in [-0.3, -0.25) is 0 Å². The average Bonchev–Trinajstić information content (AvgIpc) is 2.54. The number of hydrogen-bond acceptors (Lipinski definition) is 1. The van der Waals surface area contributed by atoms with Crippen LogP contribution >= 0.6 is 0 Å². The smallest absolute Gasteiger partial charge is 0.0192 e. The maximum absolute atomic E-state index is 5.38. The Morgan fingerprint density at radius 2 is 0.727 bits per heavy atom. The Hall–Kier alpha value is -0.0400. The summed E-state index contributed by atoms with van der Waals surface area (Å²) in [6.45, 7) is 4.09. The molecule has 0 aromatic carbocycles. The van der Waals surface area contributed by atoms with Crippen LogP contribution < -0.4 is 5.73 Å². The first-order valence-corrected chi connectivity index (χ1v) is 10.4. The van der Waals surface area contributed by atoms with Crippen molar-refractivity contribution in [3.05, 3.63) is 6.54 Å². The first-order chi connectivity index (χ1) is 10.9. The summed E-state index contributed by atoms with van der Waals surface area (Å²) < 4.78 is 0. The molecule has 1 radical (unpaired) electrons. The molecule has 0 rings (SSSR count). The first kappa shape index (κ1) is 22.0. The normalized spacial score (nSPS) is 11.2. The summed E-state index contributed by atoms with van der Waals surface area (Å²) in [5.74, 6) is 0. The number of hydrogen-bond donors (Lipinski definition) is 1. The number of rotatable bonds is 19. The standard InChI is InChI=1S/C21H44N/c1-2-3-4-5-6-7-8-9-10-11-12-13-14-15-16-17-18-19-20-21-22/h21H,2-20,22H2,1H3. The summed E-state index contributed by atoms with van der Waals surface area (Å²) in [6.07, 6.45) is 27.0. The molecular formula is C21H44N. The number of unbranched alkanes of at least 4 members (excludes halogenated alkanes) is 18. The quantitative estimate of drug-likeness (QED) is 0.245. The molecule has 0 saturated heterocycles. The highest BCUT2D eigenvalue weighted by Gasteiger charge is 1.94. The third-order valence-corrected chi connectivity index (χ3v) is 4.72. The van der Waals surface area contributed by atoms with Crippen LogP contribution in [0.15, 0.2) is 0 Å². The maximum Gasteiger partial charge on any atom is 0.0192 e.